The first kappa shape index (κ1) is 20.2. The van der Waals surface area contributed by atoms with Gasteiger partial charge in [0, 0.05) is 10.9 Å². The van der Waals surface area contributed by atoms with Crippen LogP contribution in [0.15, 0.2) is 59.6 Å². The molecule has 2 aromatic carbocycles. The average Bonchev–Trinajstić information content (AvgIpc) is 3.13. The maximum Gasteiger partial charge on any atom is 0.252 e. The average molecular weight is 429 g/mol. The molecule has 2 saturated heterocycles. The number of sulfone groups is 1. The Labute approximate surface area is 176 Å². The van der Waals surface area contributed by atoms with Gasteiger partial charge in [0.05, 0.1) is 24.0 Å². The molecule has 0 aromatic heterocycles. The van der Waals surface area contributed by atoms with Gasteiger partial charge in [-0.15, -0.1) is 0 Å². The predicted molar refractivity (Wildman–Crippen MR) is 119 cm³/mol. The Bertz CT molecular complexity index is 1030. The number of benzene rings is 2. The second-order valence-electron chi connectivity index (χ2n) is 7.87. The molecule has 1 amide bonds. The Hall–Kier alpha value is -2.12. The molecule has 0 bridgehead atoms. The lowest BCUT2D eigenvalue weighted by Crippen LogP contribution is -2.37. The Balaban J connectivity index is 1.64. The van der Waals surface area contributed by atoms with E-state index >= 15 is 0 Å². The van der Waals surface area contributed by atoms with Crippen molar-refractivity contribution in [3.8, 4) is 0 Å². The van der Waals surface area contributed by atoms with Crippen LogP contribution in [-0.4, -0.2) is 42.3 Å². The number of carbonyl (C=O) groups excluding carboxylic acids is 1. The summed E-state index contributed by atoms with van der Waals surface area (Å²) in [6.07, 6.45) is 0.235. The zero-order valence-corrected chi connectivity index (χ0v) is 18.1. The molecule has 2 atom stereocenters. The molecule has 0 N–H and O–H groups in total. The van der Waals surface area contributed by atoms with Gasteiger partial charge in [0.25, 0.3) is 5.91 Å². The summed E-state index contributed by atoms with van der Waals surface area (Å²) in [7, 11) is -3.07. The number of hydrogen-bond donors (Lipinski definition) is 0. The predicted octanol–water partition coefficient (Wildman–Crippen LogP) is 3.65. The normalized spacial score (nSPS) is 24.2. The summed E-state index contributed by atoms with van der Waals surface area (Å²) in [5.41, 5.74) is 3.02. The van der Waals surface area contributed by atoms with E-state index in [1.54, 1.807) is 0 Å². The van der Waals surface area contributed by atoms with E-state index in [-0.39, 0.29) is 35.1 Å². The molecule has 4 rings (SSSR count). The summed E-state index contributed by atoms with van der Waals surface area (Å²) in [6, 6.07) is 17.5. The van der Waals surface area contributed by atoms with E-state index in [0.29, 0.717) is 11.1 Å². The molecule has 2 fully saturated rings. The first-order valence-electron chi connectivity index (χ1n) is 9.74. The minimum absolute atomic E-state index is 0.0898. The zero-order chi connectivity index (χ0) is 20.6. The van der Waals surface area contributed by atoms with Crippen LogP contribution in [0.4, 0.5) is 5.69 Å². The molecule has 2 heterocycles. The Morgan fingerprint density at radius 3 is 2.45 bits per heavy atom. The van der Waals surface area contributed by atoms with Crippen LogP contribution in [0.3, 0.4) is 0 Å². The summed E-state index contributed by atoms with van der Waals surface area (Å²) in [6.45, 7) is 4.27. The molecule has 29 heavy (non-hydrogen) atoms. The molecule has 2 aromatic rings. The van der Waals surface area contributed by atoms with Crippen LogP contribution in [0.1, 0.15) is 30.9 Å². The number of carbonyl (C=O) groups is 1. The number of anilines is 1. The molecule has 2 unspecified atom stereocenters. The van der Waals surface area contributed by atoms with Crippen LogP contribution < -0.4 is 4.90 Å². The Morgan fingerprint density at radius 2 is 1.79 bits per heavy atom. The highest BCUT2D eigenvalue weighted by molar-refractivity contribution is 8.16. The number of hydrogen-bond acceptors (Lipinski definition) is 4. The first-order chi connectivity index (χ1) is 13.8. The van der Waals surface area contributed by atoms with Crippen LogP contribution in [0.2, 0.25) is 0 Å². The number of amidine groups is 1. The third kappa shape index (κ3) is 4.41. The van der Waals surface area contributed by atoms with Crippen molar-refractivity contribution >= 4 is 38.4 Å². The lowest BCUT2D eigenvalue weighted by atomic mass is 10.0. The van der Waals surface area contributed by atoms with Gasteiger partial charge in [-0.2, -0.15) is 4.99 Å². The highest BCUT2D eigenvalue weighted by Gasteiger charge is 2.49. The van der Waals surface area contributed by atoms with Crippen molar-refractivity contribution < 1.29 is 13.2 Å². The van der Waals surface area contributed by atoms with Crippen molar-refractivity contribution in [1.82, 2.24) is 0 Å². The molecule has 2 aliphatic rings. The fraction of sp³-hybridized carbons (Fsp3) is 0.364. The molecule has 0 saturated carbocycles. The minimum atomic E-state index is -3.07. The molecule has 0 spiro atoms. The quantitative estimate of drug-likeness (QED) is 0.744. The van der Waals surface area contributed by atoms with Gasteiger partial charge in [-0.3, -0.25) is 4.79 Å². The van der Waals surface area contributed by atoms with Crippen LogP contribution in [0.25, 0.3) is 0 Å². The van der Waals surface area contributed by atoms with E-state index in [9.17, 15) is 13.2 Å². The van der Waals surface area contributed by atoms with E-state index in [4.69, 9.17) is 0 Å². The lowest BCUT2D eigenvalue weighted by Gasteiger charge is -2.25. The van der Waals surface area contributed by atoms with Gasteiger partial charge in [-0.05, 0) is 29.2 Å². The molecule has 152 valence electrons. The SMILES string of the molecule is CC(C)c1ccc(N2C(=NC(=O)Cc3ccccc3)SC3CS(=O)(=O)CC32)cc1. The highest BCUT2D eigenvalue weighted by atomic mass is 32.2. The summed E-state index contributed by atoms with van der Waals surface area (Å²) in [5, 5.41) is 0.515. The molecule has 0 radical (unpaired) electrons. The number of aliphatic imine (C=N–C) groups is 1. The number of thioether (sulfide) groups is 1. The minimum Gasteiger partial charge on any atom is -0.316 e. The van der Waals surface area contributed by atoms with E-state index < -0.39 is 9.84 Å². The van der Waals surface area contributed by atoms with Gasteiger partial charge in [-0.25, -0.2) is 8.42 Å². The third-order valence-corrected chi connectivity index (χ3v) is 8.53. The second kappa shape index (κ2) is 7.95. The smallest absolute Gasteiger partial charge is 0.252 e. The first-order valence-corrected chi connectivity index (χ1v) is 12.4. The van der Waals surface area contributed by atoms with Crippen LogP contribution in [0, 0.1) is 0 Å². The number of fused-ring (bicyclic) bond motifs is 1. The van der Waals surface area contributed by atoms with Gasteiger partial charge in [-0.1, -0.05) is 68.1 Å². The maximum absolute atomic E-state index is 12.6. The molecule has 5 nitrogen and oxygen atoms in total. The van der Waals surface area contributed by atoms with Crippen molar-refractivity contribution in [2.75, 3.05) is 16.4 Å². The van der Waals surface area contributed by atoms with Gasteiger partial charge in [0.1, 0.15) is 0 Å². The van der Waals surface area contributed by atoms with Crippen LogP contribution >= 0.6 is 11.8 Å². The van der Waals surface area contributed by atoms with Gasteiger partial charge < -0.3 is 4.90 Å². The van der Waals surface area contributed by atoms with Crippen molar-refractivity contribution in [3.05, 3.63) is 65.7 Å². The van der Waals surface area contributed by atoms with Crippen molar-refractivity contribution in [2.24, 2.45) is 4.99 Å². The Kier molecular flexibility index (Phi) is 5.53. The van der Waals surface area contributed by atoms with E-state index in [1.165, 1.54) is 17.3 Å². The van der Waals surface area contributed by atoms with Crippen molar-refractivity contribution in [1.29, 1.82) is 0 Å². The van der Waals surface area contributed by atoms with Crippen molar-refractivity contribution in [2.45, 2.75) is 37.5 Å². The molecular weight excluding hydrogens is 404 g/mol. The van der Waals surface area contributed by atoms with E-state index in [2.05, 4.69) is 31.0 Å². The second-order valence-corrected chi connectivity index (χ2v) is 11.2. The lowest BCUT2D eigenvalue weighted by molar-refractivity contribution is -0.117. The monoisotopic (exact) mass is 428 g/mol. The fourth-order valence-corrected chi connectivity index (χ4v) is 7.73. The number of nitrogens with zero attached hydrogens (tertiary/aromatic N) is 2. The van der Waals surface area contributed by atoms with Crippen LogP contribution in [-0.2, 0) is 21.1 Å². The molecule has 7 heteroatoms. The summed E-state index contributed by atoms with van der Waals surface area (Å²) >= 11 is 1.41. The van der Waals surface area contributed by atoms with Gasteiger partial charge in [0.2, 0.25) is 0 Å². The van der Waals surface area contributed by atoms with Gasteiger partial charge >= 0.3 is 0 Å². The van der Waals surface area contributed by atoms with Gasteiger partial charge in [0.15, 0.2) is 15.0 Å². The molecular formula is C22H24N2O3S2. The fourth-order valence-electron chi connectivity index (χ4n) is 3.80. The Morgan fingerprint density at radius 1 is 1.10 bits per heavy atom. The molecule has 2 aliphatic heterocycles. The number of rotatable bonds is 4. The number of amides is 1. The molecule has 0 aliphatic carbocycles. The third-order valence-electron chi connectivity index (χ3n) is 5.32. The summed E-state index contributed by atoms with van der Waals surface area (Å²) in [4.78, 5) is 18.9. The van der Waals surface area contributed by atoms with Crippen LogP contribution in [0.5, 0.6) is 0 Å². The zero-order valence-electron chi connectivity index (χ0n) is 16.5. The summed E-state index contributed by atoms with van der Waals surface area (Å²) in [5.74, 6) is 0.430. The topological polar surface area (TPSA) is 66.8 Å². The summed E-state index contributed by atoms with van der Waals surface area (Å²) < 4.78 is 24.4. The van der Waals surface area contributed by atoms with E-state index in [1.807, 2.05) is 47.4 Å². The maximum atomic E-state index is 12.6. The standard InChI is InChI=1S/C22H24N2O3S2/c1-15(2)17-8-10-18(11-9-17)24-19-13-29(26,27)14-20(19)28-22(24)23-21(25)12-16-6-4-3-5-7-16/h3-11,15,19-20H,12-14H2,1-2H3. The highest BCUT2D eigenvalue weighted by Crippen LogP contribution is 2.41. The van der Waals surface area contributed by atoms with Crippen molar-refractivity contribution in [3.63, 3.8) is 0 Å². The largest absolute Gasteiger partial charge is 0.316 e. The van der Waals surface area contributed by atoms with E-state index in [0.717, 1.165) is 11.3 Å².